The maximum absolute atomic E-state index is 12.4. The van der Waals surface area contributed by atoms with Crippen molar-refractivity contribution in [3.63, 3.8) is 0 Å². The van der Waals surface area contributed by atoms with Gasteiger partial charge in [0.1, 0.15) is 0 Å². The molecule has 132 valence electrons. The van der Waals surface area contributed by atoms with E-state index in [0.717, 1.165) is 46.4 Å². The fraction of sp³-hybridized carbons (Fsp3) is 0.350. The Balaban J connectivity index is 2.39. The SMILES string of the molecule is COc1cc2c(c(OC)c1OC)-c1ccc(SC)c(=O)cc1CCC2. The summed E-state index contributed by atoms with van der Waals surface area (Å²) in [6, 6.07) is 7.72. The smallest absolute Gasteiger partial charge is 0.203 e. The van der Waals surface area contributed by atoms with E-state index in [0.29, 0.717) is 17.2 Å². The number of thioether (sulfide) groups is 1. The molecule has 0 fully saturated rings. The standard InChI is InChI=1S/C20H22O4S/c1-22-16-11-13-7-5-6-12-10-15(21)17(25-4)9-8-14(12)18(13)20(24-3)19(16)23-2/h8-11H,5-7H2,1-4H3. The summed E-state index contributed by atoms with van der Waals surface area (Å²) in [5.41, 5.74) is 4.29. The van der Waals surface area contributed by atoms with Crippen LogP contribution in [0.4, 0.5) is 0 Å². The number of benzene rings is 1. The minimum absolute atomic E-state index is 0.0663. The van der Waals surface area contributed by atoms with Gasteiger partial charge in [-0.25, -0.2) is 0 Å². The summed E-state index contributed by atoms with van der Waals surface area (Å²) in [4.78, 5) is 13.2. The highest BCUT2D eigenvalue weighted by molar-refractivity contribution is 7.98. The molecule has 2 aromatic carbocycles. The highest BCUT2D eigenvalue weighted by Gasteiger charge is 2.25. The van der Waals surface area contributed by atoms with Gasteiger partial charge in [0, 0.05) is 5.56 Å². The molecule has 0 saturated heterocycles. The van der Waals surface area contributed by atoms with E-state index in [2.05, 4.69) is 0 Å². The lowest BCUT2D eigenvalue weighted by molar-refractivity contribution is 0.324. The predicted molar refractivity (Wildman–Crippen MR) is 102 cm³/mol. The normalized spacial score (nSPS) is 12.6. The summed E-state index contributed by atoms with van der Waals surface area (Å²) in [5, 5.41) is 0. The van der Waals surface area contributed by atoms with Crippen molar-refractivity contribution in [1.82, 2.24) is 0 Å². The largest absolute Gasteiger partial charge is 0.493 e. The highest BCUT2D eigenvalue weighted by atomic mass is 32.2. The Hall–Kier alpha value is -2.14. The predicted octanol–water partition coefficient (Wildman–Crippen LogP) is 3.95. The number of hydrogen-bond acceptors (Lipinski definition) is 5. The van der Waals surface area contributed by atoms with Crippen molar-refractivity contribution < 1.29 is 14.2 Å². The van der Waals surface area contributed by atoms with Crippen LogP contribution in [0.25, 0.3) is 11.1 Å². The van der Waals surface area contributed by atoms with E-state index in [-0.39, 0.29) is 5.43 Å². The summed E-state index contributed by atoms with van der Waals surface area (Å²) in [6.07, 6.45) is 4.64. The van der Waals surface area contributed by atoms with Crippen LogP contribution in [0.2, 0.25) is 0 Å². The number of methoxy groups -OCH3 is 3. The van der Waals surface area contributed by atoms with Gasteiger partial charge < -0.3 is 14.2 Å². The molecule has 1 aliphatic carbocycles. The van der Waals surface area contributed by atoms with E-state index in [1.54, 1.807) is 27.4 Å². The van der Waals surface area contributed by atoms with Gasteiger partial charge in [-0.1, -0.05) is 6.07 Å². The second-order valence-corrected chi connectivity index (χ2v) is 6.73. The van der Waals surface area contributed by atoms with Gasteiger partial charge in [0.25, 0.3) is 0 Å². The molecule has 0 radical (unpaired) electrons. The zero-order valence-corrected chi connectivity index (χ0v) is 15.8. The lowest BCUT2D eigenvalue weighted by atomic mass is 9.96. The number of rotatable bonds is 4. The molecule has 4 nitrogen and oxygen atoms in total. The summed E-state index contributed by atoms with van der Waals surface area (Å²) in [6.45, 7) is 0. The van der Waals surface area contributed by atoms with Crippen LogP contribution in [0.1, 0.15) is 17.5 Å². The Bertz CT molecular complexity index is 861. The molecule has 0 saturated carbocycles. The number of hydrogen-bond donors (Lipinski definition) is 0. The van der Waals surface area contributed by atoms with Gasteiger partial charge >= 0.3 is 0 Å². The molecule has 0 bridgehead atoms. The van der Waals surface area contributed by atoms with Crippen LogP contribution in [0.3, 0.4) is 0 Å². The van der Waals surface area contributed by atoms with Crippen molar-refractivity contribution >= 4 is 11.8 Å². The topological polar surface area (TPSA) is 44.8 Å². The second-order valence-electron chi connectivity index (χ2n) is 5.88. The zero-order valence-electron chi connectivity index (χ0n) is 15.0. The summed E-state index contributed by atoms with van der Waals surface area (Å²) >= 11 is 1.47. The summed E-state index contributed by atoms with van der Waals surface area (Å²) in [7, 11) is 4.87. The zero-order chi connectivity index (χ0) is 18.0. The molecular weight excluding hydrogens is 336 g/mol. The maximum atomic E-state index is 12.4. The van der Waals surface area contributed by atoms with Crippen LogP contribution in [-0.4, -0.2) is 27.6 Å². The monoisotopic (exact) mass is 358 g/mol. The van der Waals surface area contributed by atoms with Crippen LogP contribution in [0.15, 0.2) is 34.0 Å². The van der Waals surface area contributed by atoms with Crippen LogP contribution in [0, 0.1) is 0 Å². The summed E-state index contributed by atoms with van der Waals surface area (Å²) in [5.74, 6) is 1.90. The van der Waals surface area contributed by atoms with Crippen molar-refractivity contribution in [3.8, 4) is 28.4 Å². The van der Waals surface area contributed by atoms with Gasteiger partial charge in [0.15, 0.2) is 16.9 Å². The van der Waals surface area contributed by atoms with E-state index < -0.39 is 0 Å². The van der Waals surface area contributed by atoms with Gasteiger partial charge in [-0.05, 0) is 60.4 Å². The highest BCUT2D eigenvalue weighted by Crippen LogP contribution is 2.48. The molecule has 0 unspecified atom stereocenters. The third kappa shape index (κ3) is 3.09. The third-order valence-corrected chi connectivity index (χ3v) is 5.37. The van der Waals surface area contributed by atoms with Crippen LogP contribution < -0.4 is 19.6 Å². The van der Waals surface area contributed by atoms with Gasteiger partial charge in [-0.3, -0.25) is 4.79 Å². The Kier molecular flexibility index (Phi) is 5.23. The van der Waals surface area contributed by atoms with Crippen molar-refractivity contribution in [2.75, 3.05) is 27.6 Å². The van der Waals surface area contributed by atoms with Gasteiger partial charge in [-0.15, -0.1) is 11.8 Å². The van der Waals surface area contributed by atoms with Crippen LogP contribution in [-0.2, 0) is 12.8 Å². The van der Waals surface area contributed by atoms with E-state index in [9.17, 15) is 4.79 Å². The number of fused-ring (bicyclic) bond motifs is 3. The lowest BCUT2D eigenvalue weighted by Gasteiger charge is -2.19. The number of ether oxygens (including phenoxy) is 3. The van der Waals surface area contributed by atoms with Gasteiger partial charge in [0.2, 0.25) is 5.75 Å². The molecule has 0 aromatic heterocycles. The minimum atomic E-state index is 0.0663. The first-order valence-electron chi connectivity index (χ1n) is 8.18. The van der Waals surface area contributed by atoms with E-state index in [1.807, 2.05) is 24.5 Å². The van der Waals surface area contributed by atoms with Crippen molar-refractivity contribution in [1.29, 1.82) is 0 Å². The van der Waals surface area contributed by atoms with E-state index >= 15 is 0 Å². The molecule has 0 heterocycles. The first kappa shape index (κ1) is 17.7. The van der Waals surface area contributed by atoms with E-state index in [1.165, 1.54) is 11.8 Å². The molecule has 0 amide bonds. The molecule has 0 aliphatic heterocycles. The molecule has 0 spiro atoms. The minimum Gasteiger partial charge on any atom is -0.493 e. The average Bonchev–Trinajstić information content (AvgIpc) is 2.88. The molecule has 5 heteroatoms. The molecule has 2 aromatic rings. The fourth-order valence-electron chi connectivity index (χ4n) is 3.44. The second kappa shape index (κ2) is 7.40. The first-order valence-corrected chi connectivity index (χ1v) is 9.40. The van der Waals surface area contributed by atoms with E-state index in [4.69, 9.17) is 14.2 Å². The quantitative estimate of drug-likeness (QED) is 0.775. The Morgan fingerprint density at radius 2 is 1.64 bits per heavy atom. The molecule has 3 rings (SSSR count). The summed E-state index contributed by atoms with van der Waals surface area (Å²) < 4.78 is 16.8. The van der Waals surface area contributed by atoms with Crippen molar-refractivity contribution in [2.24, 2.45) is 0 Å². The van der Waals surface area contributed by atoms with Crippen LogP contribution in [0.5, 0.6) is 17.2 Å². The maximum Gasteiger partial charge on any atom is 0.203 e. The van der Waals surface area contributed by atoms with Gasteiger partial charge in [0.05, 0.1) is 26.2 Å². The van der Waals surface area contributed by atoms with Crippen LogP contribution >= 0.6 is 11.8 Å². The Morgan fingerprint density at radius 1 is 0.920 bits per heavy atom. The third-order valence-electron chi connectivity index (χ3n) is 4.59. The van der Waals surface area contributed by atoms with Crippen molar-refractivity contribution in [3.05, 3.63) is 45.6 Å². The Labute approximate surface area is 152 Å². The molecule has 0 N–H and O–H groups in total. The number of aryl methyl sites for hydroxylation is 2. The molecule has 1 aliphatic rings. The first-order chi connectivity index (χ1) is 12.1. The van der Waals surface area contributed by atoms with Gasteiger partial charge in [-0.2, -0.15) is 0 Å². The lowest BCUT2D eigenvalue weighted by Crippen LogP contribution is -2.00. The Morgan fingerprint density at radius 3 is 2.28 bits per heavy atom. The van der Waals surface area contributed by atoms with Crippen molar-refractivity contribution in [2.45, 2.75) is 24.2 Å². The molecule has 25 heavy (non-hydrogen) atoms. The average molecular weight is 358 g/mol. The molecular formula is C20H22O4S. The molecule has 0 atom stereocenters. The fourth-order valence-corrected chi connectivity index (χ4v) is 3.91.